The molecule has 2 atom stereocenters. The number of carbonyl (C=O) groups excluding carboxylic acids is 1. The molecule has 5 heteroatoms. The first-order valence-electron chi connectivity index (χ1n) is 7.88. The number of amides is 1. The summed E-state index contributed by atoms with van der Waals surface area (Å²) < 4.78 is 13.8. The molecule has 0 bridgehead atoms. The van der Waals surface area contributed by atoms with Crippen LogP contribution in [0.2, 0.25) is 5.02 Å². The molecule has 0 aliphatic heterocycles. The molecule has 1 fully saturated rings. The van der Waals surface area contributed by atoms with Crippen molar-refractivity contribution in [1.82, 2.24) is 10.2 Å². The molecule has 1 amide bonds. The lowest BCUT2D eigenvalue weighted by molar-refractivity contribution is -0.123. The summed E-state index contributed by atoms with van der Waals surface area (Å²) in [6.07, 6.45) is 4.65. The van der Waals surface area contributed by atoms with Gasteiger partial charge in [0, 0.05) is 23.2 Å². The first-order valence-corrected chi connectivity index (χ1v) is 8.26. The first-order chi connectivity index (χ1) is 10.5. The van der Waals surface area contributed by atoms with Gasteiger partial charge < -0.3 is 5.32 Å². The van der Waals surface area contributed by atoms with E-state index in [1.807, 2.05) is 0 Å². The van der Waals surface area contributed by atoms with Crippen molar-refractivity contribution in [2.45, 2.75) is 45.2 Å². The Labute approximate surface area is 136 Å². The van der Waals surface area contributed by atoms with Crippen LogP contribution in [-0.2, 0) is 11.3 Å². The van der Waals surface area contributed by atoms with Gasteiger partial charge in [-0.05, 0) is 37.9 Å². The lowest BCUT2D eigenvalue weighted by Gasteiger charge is -2.30. The Morgan fingerprint density at radius 2 is 2.14 bits per heavy atom. The van der Waals surface area contributed by atoms with Gasteiger partial charge in [-0.3, -0.25) is 9.69 Å². The highest BCUT2D eigenvalue weighted by molar-refractivity contribution is 6.31. The smallest absolute Gasteiger partial charge is 0.234 e. The maximum absolute atomic E-state index is 13.8. The van der Waals surface area contributed by atoms with Gasteiger partial charge >= 0.3 is 0 Å². The summed E-state index contributed by atoms with van der Waals surface area (Å²) in [5, 5.41) is 3.50. The minimum Gasteiger partial charge on any atom is -0.352 e. The molecule has 1 aromatic rings. The molecule has 0 radical (unpaired) electrons. The molecule has 1 N–H and O–H groups in total. The number of likely N-dealkylation sites (N-methyl/N-ethyl adjacent to an activating group) is 1. The molecule has 1 saturated carbocycles. The van der Waals surface area contributed by atoms with E-state index in [1.165, 1.54) is 25.3 Å². The van der Waals surface area contributed by atoms with Gasteiger partial charge in [0.15, 0.2) is 0 Å². The molecule has 1 aromatic carbocycles. The number of carbonyl (C=O) groups is 1. The van der Waals surface area contributed by atoms with Crippen LogP contribution in [0.5, 0.6) is 0 Å². The van der Waals surface area contributed by atoms with Crippen LogP contribution in [0.25, 0.3) is 0 Å². The SMILES string of the molecule is C[C@H]1CCCC[C@@H]1NC(=O)CN(C)Cc1c(F)cccc1Cl. The molecule has 122 valence electrons. The number of hydrogen-bond donors (Lipinski definition) is 1. The predicted molar refractivity (Wildman–Crippen MR) is 87.3 cm³/mol. The topological polar surface area (TPSA) is 32.3 Å². The van der Waals surface area contributed by atoms with Crippen LogP contribution in [0.3, 0.4) is 0 Å². The van der Waals surface area contributed by atoms with Gasteiger partial charge in [-0.15, -0.1) is 0 Å². The molecular formula is C17H24ClFN2O. The normalized spacial score (nSPS) is 21.9. The average molecular weight is 327 g/mol. The van der Waals surface area contributed by atoms with Crippen molar-refractivity contribution in [1.29, 1.82) is 0 Å². The second-order valence-electron chi connectivity index (χ2n) is 6.31. The first kappa shape index (κ1) is 17.2. The third-order valence-corrected chi connectivity index (χ3v) is 4.72. The largest absolute Gasteiger partial charge is 0.352 e. The molecule has 0 aromatic heterocycles. The number of hydrogen-bond acceptors (Lipinski definition) is 2. The van der Waals surface area contributed by atoms with Crippen LogP contribution < -0.4 is 5.32 Å². The van der Waals surface area contributed by atoms with Gasteiger partial charge in [-0.1, -0.05) is 37.4 Å². The third-order valence-electron chi connectivity index (χ3n) is 4.36. The number of nitrogens with zero attached hydrogens (tertiary/aromatic N) is 1. The molecule has 3 nitrogen and oxygen atoms in total. The summed E-state index contributed by atoms with van der Waals surface area (Å²) in [6, 6.07) is 4.90. The maximum atomic E-state index is 13.8. The summed E-state index contributed by atoms with van der Waals surface area (Å²) in [5.74, 6) is 0.193. The minimum atomic E-state index is -0.333. The number of rotatable bonds is 5. The van der Waals surface area contributed by atoms with Crippen molar-refractivity contribution in [2.24, 2.45) is 5.92 Å². The Kier molecular flexibility index (Phi) is 6.21. The Morgan fingerprint density at radius 3 is 2.82 bits per heavy atom. The Bertz CT molecular complexity index is 503. The van der Waals surface area contributed by atoms with Crippen LogP contribution in [0, 0.1) is 11.7 Å². The molecular weight excluding hydrogens is 303 g/mol. The van der Waals surface area contributed by atoms with E-state index < -0.39 is 0 Å². The number of nitrogens with one attached hydrogen (secondary N) is 1. The molecule has 22 heavy (non-hydrogen) atoms. The van der Waals surface area contributed by atoms with Crippen LogP contribution in [0.15, 0.2) is 18.2 Å². The quantitative estimate of drug-likeness (QED) is 0.896. The van der Waals surface area contributed by atoms with E-state index in [2.05, 4.69) is 12.2 Å². The monoisotopic (exact) mass is 326 g/mol. The molecule has 0 heterocycles. The number of benzene rings is 1. The third kappa shape index (κ3) is 4.68. The van der Waals surface area contributed by atoms with E-state index >= 15 is 0 Å². The fourth-order valence-corrected chi connectivity index (χ4v) is 3.26. The maximum Gasteiger partial charge on any atom is 0.234 e. The second-order valence-corrected chi connectivity index (χ2v) is 6.72. The second kappa shape index (κ2) is 7.93. The van der Waals surface area contributed by atoms with E-state index in [-0.39, 0.29) is 24.3 Å². The van der Waals surface area contributed by atoms with Gasteiger partial charge in [0.2, 0.25) is 5.91 Å². The zero-order chi connectivity index (χ0) is 16.1. The summed E-state index contributed by atoms with van der Waals surface area (Å²) in [5.41, 5.74) is 0.436. The lowest BCUT2D eigenvalue weighted by Crippen LogP contribution is -2.44. The zero-order valence-electron chi connectivity index (χ0n) is 13.2. The van der Waals surface area contributed by atoms with Crippen molar-refractivity contribution in [3.8, 4) is 0 Å². The van der Waals surface area contributed by atoms with Crippen LogP contribution in [-0.4, -0.2) is 30.4 Å². The van der Waals surface area contributed by atoms with Crippen molar-refractivity contribution < 1.29 is 9.18 Å². The van der Waals surface area contributed by atoms with Gasteiger partial charge in [-0.25, -0.2) is 4.39 Å². The van der Waals surface area contributed by atoms with Gasteiger partial charge in [0.25, 0.3) is 0 Å². The fourth-order valence-electron chi connectivity index (χ4n) is 3.04. The van der Waals surface area contributed by atoms with Crippen molar-refractivity contribution in [3.05, 3.63) is 34.6 Å². The Morgan fingerprint density at radius 1 is 1.41 bits per heavy atom. The highest BCUT2D eigenvalue weighted by Gasteiger charge is 2.23. The molecule has 0 spiro atoms. The highest BCUT2D eigenvalue weighted by Crippen LogP contribution is 2.24. The van der Waals surface area contributed by atoms with Crippen LogP contribution in [0.4, 0.5) is 4.39 Å². The number of halogens is 2. The van der Waals surface area contributed by atoms with E-state index in [9.17, 15) is 9.18 Å². The van der Waals surface area contributed by atoms with E-state index in [0.29, 0.717) is 23.0 Å². The van der Waals surface area contributed by atoms with Gasteiger partial charge in [0.05, 0.1) is 6.54 Å². The predicted octanol–water partition coefficient (Wildman–Crippen LogP) is 3.61. The standard InChI is InChI=1S/C17H24ClFN2O/c1-12-6-3-4-9-16(12)20-17(22)11-21(2)10-13-14(18)7-5-8-15(13)19/h5,7-8,12,16H,3-4,6,9-11H2,1-2H3,(H,20,22)/t12-,16-/m0/s1. The average Bonchev–Trinajstić information content (AvgIpc) is 2.45. The lowest BCUT2D eigenvalue weighted by atomic mass is 9.86. The Balaban J connectivity index is 1.86. The van der Waals surface area contributed by atoms with Crippen molar-refractivity contribution in [3.63, 3.8) is 0 Å². The molecule has 0 saturated heterocycles. The van der Waals surface area contributed by atoms with Gasteiger partial charge in [0.1, 0.15) is 5.82 Å². The van der Waals surface area contributed by atoms with E-state index in [1.54, 1.807) is 24.1 Å². The van der Waals surface area contributed by atoms with Crippen molar-refractivity contribution >= 4 is 17.5 Å². The van der Waals surface area contributed by atoms with Gasteiger partial charge in [-0.2, -0.15) is 0 Å². The van der Waals surface area contributed by atoms with Crippen molar-refractivity contribution in [2.75, 3.05) is 13.6 Å². The minimum absolute atomic E-state index is 0.00582. The van der Waals surface area contributed by atoms with Crippen LogP contribution >= 0.6 is 11.6 Å². The zero-order valence-corrected chi connectivity index (χ0v) is 14.0. The highest BCUT2D eigenvalue weighted by atomic mass is 35.5. The fraction of sp³-hybridized carbons (Fsp3) is 0.588. The van der Waals surface area contributed by atoms with E-state index in [4.69, 9.17) is 11.6 Å². The molecule has 1 aliphatic rings. The molecule has 1 aliphatic carbocycles. The summed E-state index contributed by atoms with van der Waals surface area (Å²) in [6.45, 7) is 2.75. The summed E-state index contributed by atoms with van der Waals surface area (Å²) in [4.78, 5) is 13.9. The van der Waals surface area contributed by atoms with E-state index in [0.717, 1.165) is 6.42 Å². The molecule has 2 rings (SSSR count). The Hall–Kier alpha value is -1.13. The van der Waals surface area contributed by atoms with Crippen LogP contribution in [0.1, 0.15) is 38.2 Å². The summed E-state index contributed by atoms with van der Waals surface area (Å²) in [7, 11) is 1.80. The summed E-state index contributed by atoms with van der Waals surface area (Å²) >= 11 is 6.02. The molecule has 0 unspecified atom stereocenters.